The normalized spacial score (nSPS) is 15.2. The summed E-state index contributed by atoms with van der Waals surface area (Å²) in [4.78, 5) is 7.18. The molecule has 9 heteroatoms. The van der Waals surface area contributed by atoms with Gasteiger partial charge in [0.25, 0.3) is 0 Å². The van der Waals surface area contributed by atoms with E-state index in [9.17, 15) is 0 Å². The minimum absolute atomic E-state index is 0.545. The molecule has 0 unspecified atom stereocenters. The molecular formula is C21H33N7O2. The van der Waals surface area contributed by atoms with Crippen LogP contribution in [0.3, 0.4) is 0 Å². The number of aromatic nitrogens is 3. The van der Waals surface area contributed by atoms with Crippen LogP contribution in [-0.4, -0.2) is 78.7 Å². The van der Waals surface area contributed by atoms with Crippen LogP contribution >= 0.6 is 0 Å². The monoisotopic (exact) mass is 415 g/mol. The van der Waals surface area contributed by atoms with E-state index >= 15 is 0 Å². The molecule has 1 aliphatic rings. The van der Waals surface area contributed by atoms with Crippen molar-refractivity contribution in [1.29, 1.82) is 0 Å². The van der Waals surface area contributed by atoms with Crippen LogP contribution in [0.1, 0.15) is 18.3 Å². The maximum Gasteiger partial charge on any atom is 0.191 e. The molecule has 1 fully saturated rings. The minimum atomic E-state index is 0.545. The lowest BCUT2D eigenvalue weighted by Gasteiger charge is -2.26. The number of guanidine groups is 1. The molecule has 3 rings (SSSR count). The second-order valence-corrected chi connectivity index (χ2v) is 7.08. The molecule has 1 aromatic heterocycles. The molecule has 1 aromatic carbocycles. The topological polar surface area (TPSA) is 88.8 Å². The standard InChI is InChI=1S/C21H33N7O2/c1-3-20-26-25-17-28(20)11-9-23-21(22-8-10-27-12-14-30-15-13-27)24-16-18-6-4-5-7-19(18)29-2/h4-7,17H,3,8-16H2,1-2H3,(H2,22,23,24). The van der Waals surface area contributed by atoms with Crippen LogP contribution in [0.25, 0.3) is 0 Å². The van der Waals surface area contributed by atoms with Gasteiger partial charge in [0.05, 0.1) is 26.9 Å². The molecule has 0 amide bonds. The molecule has 1 aliphatic heterocycles. The number of nitrogens with zero attached hydrogens (tertiary/aromatic N) is 5. The highest BCUT2D eigenvalue weighted by Gasteiger charge is 2.10. The van der Waals surface area contributed by atoms with Crippen molar-refractivity contribution >= 4 is 5.96 Å². The molecule has 0 saturated carbocycles. The molecule has 164 valence electrons. The van der Waals surface area contributed by atoms with Crippen molar-refractivity contribution in [3.8, 4) is 5.75 Å². The minimum Gasteiger partial charge on any atom is -0.496 e. The maximum absolute atomic E-state index is 5.45. The van der Waals surface area contributed by atoms with E-state index < -0.39 is 0 Å². The molecule has 0 aliphatic carbocycles. The highest BCUT2D eigenvalue weighted by molar-refractivity contribution is 5.79. The number of hydrogen-bond acceptors (Lipinski definition) is 6. The van der Waals surface area contributed by atoms with Crippen LogP contribution < -0.4 is 15.4 Å². The Kier molecular flexibility index (Phi) is 8.92. The van der Waals surface area contributed by atoms with Gasteiger partial charge in [-0.15, -0.1) is 10.2 Å². The Balaban J connectivity index is 1.56. The number of para-hydroxylation sites is 1. The first kappa shape index (κ1) is 22.0. The van der Waals surface area contributed by atoms with E-state index in [-0.39, 0.29) is 0 Å². The Bertz CT molecular complexity index is 787. The summed E-state index contributed by atoms with van der Waals surface area (Å²) in [5, 5.41) is 15.0. The van der Waals surface area contributed by atoms with Crippen LogP contribution in [0.2, 0.25) is 0 Å². The van der Waals surface area contributed by atoms with Crippen LogP contribution in [0.5, 0.6) is 5.75 Å². The lowest BCUT2D eigenvalue weighted by Crippen LogP contribution is -2.45. The van der Waals surface area contributed by atoms with Crippen molar-refractivity contribution in [1.82, 2.24) is 30.3 Å². The molecule has 2 heterocycles. The molecular weight excluding hydrogens is 382 g/mol. The molecule has 2 N–H and O–H groups in total. The third-order valence-corrected chi connectivity index (χ3v) is 5.08. The summed E-state index contributed by atoms with van der Waals surface area (Å²) in [5.74, 6) is 2.64. The number of rotatable bonds is 10. The highest BCUT2D eigenvalue weighted by Crippen LogP contribution is 2.17. The summed E-state index contributed by atoms with van der Waals surface area (Å²) in [7, 11) is 1.69. The maximum atomic E-state index is 5.45. The lowest BCUT2D eigenvalue weighted by molar-refractivity contribution is 0.0389. The van der Waals surface area contributed by atoms with Gasteiger partial charge in [-0.1, -0.05) is 25.1 Å². The van der Waals surface area contributed by atoms with Crippen LogP contribution in [0.4, 0.5) is 0 Å². The molecule has 9 nitrogen and oxygen atoms in total. The zero-order valence-corrected chi connectivity index (χ0v) is 18.0. The van der Waals surface area contributed by atoms with Crippen molar-refractivity contribution in [2.45, 2.75) is 26.4 Å². The molecule has 0 bridgehead atoms. The van der Waals surface area contributed by atoms with Gasteiger partial charge in [-0.2, -0.15) is 0 Å². The summed E-state index contributed by atoms with van der Waals surface area (Å²) in [6.07, 6.45) is 2.64. The summed E-state index contributed by atoms with van der Waals surface area (Å²) in [5.41, 5.74) is 1.06. The second-order valence-electron chi connectivity index (χ2n) is 7.08. The van der Waals surface area contributed by atoms with Gasteiger partial charge in [-0.05, 0) is 6.07 Å². The number of aryl methyl sites for hydroxylation is 1. The fraction of sp³-hybridized carbons (Fsp3) is 0.571. The summed E-state index contributed by atoms with van der Waals surface area (Å²) < 4.78 is 12.9. The molecule has 0 radical (unpaired) electrons. The SMILES string of the molecule is CCc1nncn1CCNC(=NCc1ccccc1OC)NCCN1CCOCC1. The number of benzene rings is 1. The number of ether oxygens (including phenoxy) is 2. The fourth-order valence-electron chi connectivity index (χ4n) is 3.36. The molecule has 0 spiro atoms. The summed E-state index contributed by atoms with van der Waals surface area (Å²) in [6, 6.07) is 7.97. The van der Waals surface area contributed by atoms with Gasteiger partial charge in [-0.3, -0.25) is 4.90 Å². The Morgan fingerprint density at radius 3 is 2.70 bits per heavy atom. The third kappa shape index (κ3) is 6.70. The Labute approximate surface area is 178 Å². The van der Waals surface area contributed by atoms with Gasteiger partial charge in [0.2, 0.25) is 0 Å². The van der Waals surface area contributed by atoms with Crippen molar-refractivity contribution in [3.05, 3.63) is 42.0 Å². The zero-order chi connectivity index (χ0) is 21.0. The first-order valence-electron chi connectivity index (χ1n) is 10.6. The molecule has 30 heavy (non-hydrogen) atoms. The fourth-order valence-corrected chi connectivity index (χ4v) is 3.36. The van der Waals surface area contributed by atoms with Crippen LogP contribution in [0, 0.1) is 0 Å². The quantitative estimate of drug-likeness (QED) is 0.441. The second kappa shape index (κ2) is 12.1. The molecule has 2 aromatic rings. The van der Waals surface area contributed by atoms with Crippen molar-refractivity contribution in [2.24, 2.45) is 4.99 Å². The van der Waals surface area contributed by atoms with Crippen molar-refractivity contribution in [3.63, 3.8) is 0 Å². The van der Waals surface area contributed by atoms with Gasteiger partial charge < -0.3 is 24.7 Å². The predicted octanol–water partition coefficient (Wildman–Crippen LogP) is 0.917. The van der Waals surface area contributed by atoms with Gasteiger partial charge in [0, 0.05) is 51.3 Å². The molecule has 1 saturated heterocycles. The van der Waals surface area contributed by atoms with Gasteiger partial charge in [0.1, 0.15) is 17.9 Å². The predicted molar refractivity (Wildman–Crippen MR) is 117 cm³/mol. The lowest BCUT2D eigenvalue weighted by atomic mass is 10.2. The smallest absolute Gasteiger partial charge is 0.191 e. The average Bonchev–Trinajstić information content (AvgIpc) is 3.25. The zero-order valence-electron chi connectivity index (χ0n) is 18.0. The Hall–Kier alpha value is -2.65. The van der Waals surface area contributed by atoms with Crippen molar-refractivity contribution in [2.75, 3.05) is 53.0 Å². The summed E-state index contributed by atoms with van der Waals surface area (Å²) >= 11 is 0. The largest absolute Gasteiger partial charge is 0.496 e. The van der Waals surface area contributed by atoms with Crippen LogP contribution in [-0.2, 0) is 24.2 Å². The van der Waals surface area contributed by atoms with E-state index in [1.54, 1.807) is 13.4 Å². The summed E-state index contributed by atoms with van der Waals surface area (Å²) in [6.45, 7) is 9.53. The average molecular weight is 416 g/mol. The van der Waals surface area contributed by atoms with Gasteiger partial charge in [-0.25, -0.2) is 4.99 Å². The van der Waals surface area contributed by atoms with E-state index in [0.717, 1.165) is 82.0 Å². The Morgan fingerprint density at radius 1 is 1.17 bits per heavy atom. The first-order valence-corrected chi connectivity index (χ1v) is 10.6. The van der Waals surface area contributed by atoms with Crippen LogP contribution in [0.15, 0.2) is 35.6 Å². The molecule has 0 atom stereocenters. The number of methoxy groups -OCH3 is 1. The van der Waals surface area contributed by atoms with Crippen molar-refractivity contribution < 1.29 is 9.47 Å². The highest BCUT2D eigenvalue weighted by atomic mass is 16.5. The number of morpholine rings is 1. The van der Waals surface area contributed by atoms with Gasteiger partial charge in [0.15, 0.2) is 5.96 Å². The van der Waals surface area contributed by atoms with E-state index in [0.29, 0.717) is 6.54 Å². The van der Waals surface area contributed by atoms with E-state index in [1.807, 2.05) is 24.3 Å². The van der Waals surface area contributed by atoms with E-state index in [4.69, 9.17) is 14.5 Å². The first-order chi connectivity index (χ1) is 14.8. The van der Waals surface area contributed by atoms with E-state index in [1.165, 1.54) is 0 Å². The number of nitrogens with one attached hydrogen (secondary N) is 2. The number of aliphatic imine (C=N–C) groups is 1. The van der Waals surface area contributed by atoms with Gasteiger partial charge >= 0.3 is 0 Å². The third-order valence-electron chi connectivity index (χ3n) is 5.08. The Morgan fingerprint density at radius 2 is 1.93 bits per heavy atom. The van der Waals surface area contributed by atoms with E-state index in [2.05, 4.69) is 37.2 Å². The number of hydrogen-bond donors (Lipinski definition) is 2.